The van der Waals surface area contributed by atoms with Gasteiger partial charge in [-0.15, -0.1) is 0 Å². The molecule has 36 heavy (non-hydrogen) atoms. The van der Waals surface area contributed by atoms with E-state index in [-0.39, 0.29) is 23.9 Å². The lowest BCUT2D eigenvalue weighted by Crippen LogP contribution is -2.42. The van der Waals surface area contributed by atoms with Gasteiger partial charge in [-0.2, -0.15) is 0 Å². The van der Waals surface area contributed by atoms with Gasteiger partial charge in [0.15, 0.2) is 6.61 Å². The Balaban J connectivity index is 1.44. The number of rotatable bonds is 9. The number of hydrogen-bond donors (Lipinski definition) is 2. The van der Waals surface area contributed by atoms with Crippen LogP contribution in [0.4, 0.5) is 4.39 Å². The molecule has 4 aromatic rings. The number of aromatic amines is 1. The summed E-state index contributed by atoms with van der Waals surface area (Å²) in [5.74, 6) is -1.69. The van der Waals surface area contributed by atoms with Crippen molar-refractivity contribution in [3.8, 4) is 0 Å². The maximum Gasteiger partial charge on any atom is 0.329 e. The molecule has 0 saturated carbocycles. The standard InChI is InChI=1S/C28H28FN3O4/c1-17-12-24(18(2)32(17)15-20-8-10-22(29)11-9-20)27(34)16-36-28(35)26(31-19(3)33)13-21-14-30-25-7-5-4-6-23(21)25/h4-12,14,26,30H,13,15-16H2,1-3H3,(H,31,33). The average molecular weight is 490 g/mol. The zero-order valence-electron chi connectivity index (χ0n) is 20.4. The van der Waals surface area contributed by atoms with Crippen molar-refractivity contribution >= 4 is 28.6 Å². The summed E-state index contributed by atoms with van der Waals surface area (Å²) in [6, 6.07) is 14.7. The van der Waals surface area contributed by atoms with Gasteiger partial charge in [0.25, 0.3) is 0 Å². The quantitative estimate of drug-likeness (QED) is 0.272. The maximum absolute atomic E-state index is 13.2. The fraction of sp³-hybridized carbons (Fsp3) is 0.250. The number of ether oxygens (including phenoxy) is 1. The van der Waals surface area contributed by atoms with E-state index in [1.165, 1.54) is 19.1 Å². The number of Topliss-reactive ketones (excluding diaryl/α,β-unsaturated/α-hetero) is 1. The third kappa shape index (κ3) is 5.54. The van der Waals surface area contributed by atoms with Crippen molar-refractivity contribution in [3.63, 3.8) is 0 Å². The highest BCUT2D eigenvalue weighted by molar-refractivity contribution is 5.99. The Kier molecular flexibility index (Phi) is 7.33. The first-order chi connectivity index (χ1) is 17.2. The molecule has 1 amide bonds. The van der Waals surface area contributed by atoms with Crippen LogP contribution in [0, 0.1) is 19.7 Å². The van der Waals surface area contributed by atoms with E-state index in [2.05, 4.69) is 10.3 Å². The first kappa shape index (κ1) is 24.9. The van der Waals surface area contributed by atoms with E-state index in [0.717, 1.165) is 33.4 Å². The Morgan fingerprint density at radius 2 is 1.81 bits per heavy atom. The molecule has 8 heteroatoms. The number of aromatic nitrogens is 2. The number of amides is 1. The van der Waals surface area contributed by atoms with Gasteiger partial charge >= 0.3 is 5.97 Å². The van der Waals surface area contributed by atoms with Crippen molar-refractivity contribution < 1.29 is 23.5 Å². The number of nitrogens with one attached hydrogen (secondary N) is 2. The number of esters is 1. The highest BCUT2D eigenvalue weighted by Gasteiger charge is 2.25. The summed E-state index contributed by atoms with van der Waals surface area (Å²) in [4.78, 5) is 40.7. The topological polar surface area (TPSA) is 93.2 Å². The minimum atomic E-state index is -0.930. The van der Waals surface area contributed by atoms with Crippen LogP contribution >= 0.6 is 0 Å². The molecule has 0 spiro atoms. The molecule has 1 atom stereocenters. The zero-order chi connectivity index (χ0) is 25.8. The Morgan fingerprint density at radius 3 is 2.53 bits per heavy atom. The lowest BCUT2D eigenvalue weighted by Gasteiger charge is -2.16. The summed E-state index contributed by atoms with van der Waals surface area (Å²) in [6.07, 6.45) is 2.02. The van der Waals surface area contributed by atoms with Gasteiger partial charge in [-0.3, -0.25) is 9.59 Å². The van der Waals surface area contributed by atoms with E-state index in [0.29, 0.717) is 12.1 Å². The Hall–Kier alpha value is -4.20. The molecular formula is C28H28FN3O4. The summed E-state index contributed by atoms with van der Waals surface area (Å²) in [5, 5.41) is 3.58. The highest BCUT2D eigenvalue weighted by atomic mass is 19.1. The summed E-state index contributed by atoms with van der Waals surface area (Å²) >= 11 is 0. The molecule has 4 rings (SSSR count). The third-order valence-electron chi connectivity index (χ3n) is 6.23. The summed E-state index contributed by atoms with van der Waals surface area (Å²) in [6.45, 7) is 5.08. The second-order valence-electron chi connectivity index (χ2n) is 8.85. The second kappa shape index (κ2) is 10.6. The molecule has 186 valence electrons. The van der Waals surface area contributed by atoms with Crippen LogP contribution in [0.25, 0.3) is 10.9 Å². The maximum atomic E-state index is 13.2. The normalized spacial score (nSPS) is 11.9. The molecule has 7 nitrogen and oxygen atoms in total. The monoisotopic (exact) mass is 489 g/mol. The van der Waals surface area contributed by atoms with E-state index in [9.17, 15) is 18.8 Å². The van der Waals surface area contributed by atoms with Crippen molar-refractivity contribution in [1.82, 2.24) is 14.9 Å². The van der Waals surface area contributed by atoms with Crippen LogP contribution in [0.2, 0.25) is 0 Å². The van der Waals surface area contributed by atoms with E-state index < -0.39 is 18.6 Å². The van der Waals surface area contributed by atoms with Gasteiger partial charge in [0.05, 0.1) is 0 Å². The summed E-state index contributed by atoms with van der Waals surface area (Å²) in [5.41, 5.74) is 4.73. The van der Waals surface area contributed by atoms with Crippen molar-refractivity contribution in [1.29, 1.82) is 0 Å². The summed E-state index contributed by atoms with van der Waals surface area (Å²) < 4.78 is 20.5. The summed E-state index contributed by atoms with van der Waals surface area (Å²) in [7, 11) is 0. The van der Waals surface area contributed by atoms with E-state index in [4.69, 9.17) is 4.74 Å². The Labute approximate surface area is 208 Å². The van der Waals surface area contributed by atoms with Crippen molar-refractivity contribution in [2.24, 2.45) is 0 Å². The lowest BCUT2D eigenvalue weighted by atomic mass is 10.0. The Morgan fingerprint density at radius 1 is 1.08 bits per heavy atom. The lowest BCUT2D eigenvalue weighted by molar-refractivity contribution is -0.146. The zero-order valence-corrected chi connectivity index (χ0v) is 20.4. The number of carbonyl (C=O) groups is 3. The fourth-order valence-corrected chi connectivity index (χ4v) is 4.37. The number of ketones is 1. The fourth-order valence-electron chi connectivity index (χ4n) is 4.37. The van der Waals surface area contributed by atoms with Crippen LogP contribution in [-0.4, -0.2) is 39.9 Å². The number of benzene rings is 2. The average Bonchev–Trinajstić information content (AvgIpc) is 3.39. The van der Waals surface area contributed by atoms with Crippen LogP contribution < -0.4 is 5.32 Å². The molecule has 0 aliphatic rings. The van der Waals surface area contributed by atoms with Gasteiger partial charge in [0.1, 0.15) is 11.9 Å². The number of carbonyl (C=O) groups excluding carboxylic acids is 3. The number of aryl methyl sites for hydroxylation is 1. The molecule has 0 bridgehead atoms. The Bertz CT molecular complexity index is 1420. The first-order valence-corrected chi connectivity index (χ1v) is 11.7. The second-order valence-corrected chi connectivity index (χ2v) is 8.85. The van der Waals surface area contributed by atoms with Crippen LogP contribution in [0.5, 0.6) is 0 Å². The number of fused-ring (bicyclic) bond motifs is 1. The minimum absolute atomic E-state index is 0.225. The molecule has 0 aliphatic heterocycles. The SMILES string of the molecule is CC(=O)NC(Cc1c[nH]c2ccccc12)C(=O)OCC(=O)c1cc(C)n(Cc2ccc(F)cc2)c1C. The number of H-pyrrole nitrogens is 1. The molecule has 2 aromatic carbocycles. The van der Waals surface area contributed by atoms with Crippen molar-refractivity contribution in [2.75, 3.05) is 6.61 Å². The smallest absolute Gasteiger partial charge is 0.329 e. The molecule has 0 fully saturated rings. The minimum Gasteiger partial charge on any atom is -0.456 e. The van der Waals surface area contributed by atoms with Gasteiger partial charge < -0.3 is 19.6 Å². The molecule has 1 unspecified atom stereocenters. The molecule has 2 aromatic heterocycles. The molecule has 0 aliphatic carbocycles. The molecule has 0 radical (unpaired) electrons. The van der Waals surface area contributed by atoms with Gasteiger partial charge in [0, 0.05) is 53.9 Å². The number of hydrogen-bond acceptors (Lipinski definition) is 4. The van der Waals surface area contributed by atoms with Crippen LogP contribution in [0.15, 0.2) is 60.8 Å². The molecule has 0 saturated heterocycles. The largest absolute Gasteiger partial charge is 0.456 e. The molecular weight excluding hydrogens is 461 g/mol. The van der Waals surface area contributed by atoms with Crippen LogP contribution in [0.3, 0.4) is 0 Å². The highest BCUT2D eigenvalue weighted by Crippen LogP contribution is 2.21. The van der Waals surface area contributed by atoms with Crippen molar-refractivity contribution in [3.05, 3.63) is 94.7 Å². The van der Waals surface area contributed by atoms with Gasteiger partial charge in [-0.05, 0) is 49.2 Å². The van der Waals surface area contributed by atoms with Crippen molar-refractivity contribution in [2.45, 2.75) is 39.8 Å². The molecule has 2 heterocycles. The van der Waals surface area contributed by atoms with E-state index >= 15 is 0 Å². The van der Waals surface area contributed by atoms with Crippen LogP contribution in [0.1, 0.15) is 39.8 Å². The number of nitrogens with zero attached hydrogens (tertiary/aromatic N) is 1. The predicted molar refractivity (Wildman–Crippen MR) is 134 cm³/mol. The van der Waals surface area contributed by atoms with Gasteiger partial charge in [-0.25, -0.2) is 9.18 Å². The first-order valence-electron chi connectivity index (χ1n) is 11.7. The van der Waals surface area contributed by atoms with Gasteiger partial charge in [0.2, 0.25) is 11.7 Å². The van der Waals surface area contributed by atoms with Crippen LogP contribution in [-0.2, 0) is 27.3 Å². The molecule has 2 N–H and O–H groups in total. The number of halogens is 1. The predicted octanol–water partition coefficient (Wildman–Crippen LogP) is 4.25. The van der Waals surface area contributed by atoms with E-state index in [1.54, 1.807) is 24.4 Å². The van der Waals surface area contributed by atoms with E-state index in [1.807, 2.05) is 42.7 Å². The third-order valence-corrected chi connectivity index (χ3v) is 6.23. The number of para-hydroxylation sites is 1. The van der Waals surface area contributed by atoms with Gasteiger partial charge in [-0.1, -0.05) is 30.3 Å².